The minimum absolute atomic E-state index is 0.317. The maximum Gasteiger partial charge on any atom is 0.265 e. The minimum Gasteiger partial charge on any atom is -0.494 e. The van der Waals surface area contributed by atoms with Crippen LogP contribution in [0.2, 0.25) is 0 Å². The zero-order valence-corrected chi connectivity index (χ0v) is 15.5. The van der Waals surface area contributed by atoms with Gasteiger partial charge in [-0.3, -0.25) is 9.59 Å². The summed E-state index contributed by atoms with van der Waals surface area (Å²) in [5, 5.41) is 3.93. The Morgan fingerprint density at radius 3 is 2.37 bits per heavy atom. The first-order valence-electron chi connectivity index (χ1n) is 8.64. The Hall–Kier alpha value is -3.18. The predicted octanol–water partition coefficient (Wildman–Crippen LogP) is 4.87. The van der Waals surface area contributed by atoms with Gasteiger partial charge in [-0.25, -0.2) is 4.90 Å². The quantitative estimate of drug-likeness (QED) is 0.483. The van der Waals surface area contributed by atoms with Crippen LogP contribution in [0.5, 0.6) is 5.75 Å². The van der Waals surface area contributed by atoms with Gasteiger partial charge in [0.25, 0.3) is 11.8 Å². The van der Waals surface area contributed by atoms with Gasteiger partial charge < -0.3 is 4.74 Å². The van der Waals surface area contributed by atoms with Gasteiger partial charge in [0.15, 0.2) is 0 Å². The molecule has 1 aliphatic rings. The zero-order valence-electron chi connectivity index (χ0n) is 14.7. The van der Waals surface area contributed by atoms with Crippen molar-refractivity contribution in [2.75, 3.05) is 11.5 Å². The van der Waals surface area contributed by atoms with Crippen LogP contribution in [0.4, 0.5) is 5.69 Å². The molecule has 3 aromatic rings. The lowest BCUT2D eigenvalue weighted by Gasteiger charge is -2.28. The topological polar surface area (TPSA) is 46.6 Å². The molecular formula is C22H17NO3S. The van der Waals surface area contributed by atoms with Crippen molar-refractivity contribution in [1.29, 1.82) is 0 Å². The first-order valence-corrected chi connectivity index (χ1v) is 9.58. The molecule has 134 valence electrons. The summed E-state index contributed by atoms with van der Waals surface area (Å²) in [6.45, 7) is 2.46. The molecule has 0 aliphatic carbocycles. The number of ether oxygens (including phenoxy) is 1. The van der Waals surface area contributed by atoms with E-state index >= 15 is 0 Å². The number of carbonyl (C=O) groups excluding carboxylic acids is 2. The van der Waals surface area contributed by atoms with Gasteiger partial charge in [-0.05, 0) is 71.3 Å². The Kier molecular flexibility index (Phi) is 4.60. The van der Waals surface area contributed by atoms with Gasteiger partial charge in [0.05, 0.1) is 12.3 Å². The lowest BCUT2D eigenvalue weighted by atomic mass is 9.92. The molecule has 0 unspecified atom stereocenters. The van der Waals surface area contributed by atoms with Crippen LogP contribution >= 0.6 is 11.3 Å². The second kappa shape index (κ2) is 7.21. The van der Waals surface area contributed by atoms with Crippen LogP contribution in [0.15, 0.2) is 65.4 Å². The number of amides is 2. The molecule has 0 radical (unpaired) electrons. The highest BCUT2D eigenvalue weighted by molar-refractivity contribution is 7.08. The molecular weight excluding hydrogens is 358 g/mol. The minimum atomic E-state index is -0.325. The normalized spacial score (nSPS) is 15.1. The van der Waals surface area contributed by atoms with Crippen LogP contribution in [0.3, 0.4) is 0 Å². The average Bonchev–Trinajstić information content (AvgIpc) is 3.20. The summed E-state index contributed by atoms with van der Waals surface area (Å²) in [6, 6.07) is 16.2. The van der Waals surface area contributed by atoms with E-state index in [0.717, 1.165) is 5.56 Å². The van der Waals surface area contributed by atoms with E-state index in [-0.39, 0.29) is 11.8 Å². The Balaban J connectivity index is 1.82. The summed E-state index contributed by atoms with van der Waals surface area (Å²) in [5.74, 6) is 0.0592. The van der Waals surface area contributed by atoms with Crippen LogP contribution < -0.4 is 9.64 Å². The summed E-state index contributed by atoms with van der Waals surface area (Å²) < 4.78 is 5.45. The van der Waals surface area contributed by atoms with E-state index in [9.17, 15) is 9.59 Å². The Labute approximate surface area is 161 Å². The van der Waals surface area contributed by atoms with Gasteiger partial charge >= 0.3 is 0 Å². The summed E-state index contributed by atoms with van der Waals surface area (Å²) in [4.78, 5) is 27.5. The average molecular weight is 375 g/mol. The molecule has 0 N–H and O–H groups in total. The van der Waals surface area contributed by atoms with Gasteiger partial charge in [0.1, 0.15) is 5.75 Å². The molecule has 1 aromatic heterocycles. The van der Waals surface area contributed by atoms with Crippen molar-refractivity contribution in [3.8, 4) is 5.75 Å². The number of anilines is 1. The molecule has 2 heterocycles. The van der Waals surface area contributed by atoms with Crippen LogP contribution in [0.25, 0.3) is 11.6 Å². The third-order valence-electron chi connectivity index (χ3n) is 4.34. The third-order valence-corrected chi connectivity index (χ3v) is 5.05. The molecule has 27 heavy (non-hydrogen) atoms. The highest BCUT2D eigenvalue weighted by Crippen LogP contribution is 2.34. The van der Waals surface area contributed by atoms with Crippen molar-refractivity contribution in [1.82, 2.24) is 0 Å². The summed E-state index contributed by atoms with van der Waals surface area (Å²) >= 11 is 1.56. The summed E-state index contributed by atoms with van der Waals surface area (Å²) in [7, 11) is 0. The molecule has 0 bridgehead atoms. The fourth-order valence-electron chi connectivity index (χ4n) is 3.11. The van der Waals surface area contributed by atoms with Gasteiger partial charge in [0, 0.05) is 11.1 Å². The highest BCUT2D eigenvalue weighted by atomic mass is 32.1. The van der Waals surface area contributed by atoms with Gasteiger partial charge in [-0.2, -0.15) is 11.3 Å². The molecule has 4 nitrogen and oxygen atoms in total. The van der Waals surface area contributed by atoms with Crippen molar-refractivity contribution in [3.05, 3.63) is 82.0 Å². The maximum atomic E-state index is 13.2. The monoisotopic (exact) mass is 375 g/mol. The van der Waals surface area contributed by atoms with Crippen molar-refractivity contribution < 1.29 is 14.3 Å². The SMILES string of the molecule is CCOc1ccc(N2C(=O)C(=Cc3ccsc3)c3ccccc3C2=O)cc1. The first kappa shape index (κ1) is 17.2. The van der Waals surface area contributed by atoms with Crippen LogP contribution in [-0.2, 0) is 4.79 Å². The second-order valence-corrected chi connectivity index (χ2v) is 6.81. The maximum absolute atomic E-state index is 13.2. The molecule has 4 rings (SSSR count). The zero-order chi connectivity index (χ0) is 18.8. The number of imide groups is 1. The number of fused-ring (bicyclic) bond motifs is 1. The lowest BCUT2D eigenvalue weighted by Crippen LogP contribution is -2.41. The third kappa shape index (κ3) is 3.17. The Morgan fingerprint density at radius 2 is 1.70 bits per heavy atom. The van der Waals surface area contributed by atoms with E-state index in [2.05, 4.69) is 0 Å². The van der Waals surface area contributed by atoms with E-state index in [1.54, 1.807) is 41.7 Å². The largest absolute Gasteiger partial charge is 0.494 e. The number of thiophene rings is 1. The van der Waals surface area contributed by atoms with E-state index in [1.807, 2.05) is 48.0 Å². The van der Waals surface area contributed by atoms with Gasteiger partial charge in [-0.1, -0.05) is 18.2 Å². The fraction of sp³-hybridized carbons (Fsp3) is 0.0909. The van der Waals surface area contributed by atoms with Crippen LogP contribution in [-0.4, -0.2) is 18.4 Å². The molecule has 1 aliphatic heterocycles. The van der Waals surface area contributed by atoms with Crippen molar-refractivity contribution in [2.45, 2.75) is 6.92 Å². The van der Waals surface area contributed by atoms with Gasteiger partial charge in [0.2, 0.25) is 0 Å². The van der Waals surface area contributed by atoms with Crippen molar-refractivity contribution in [2.24, 2.45) is 0 Å². The van der Waals surface area contributed by atoms with Crippen LogP contribution in [0.1, 0.15) is 28.4 Å². The van der Waals surface area contributed by atoms with E-state index in [4.69, 9.17) is 4.74 Å². The fourth-order valence-corrected chi connectivity index (χ4v) is 3.73. The van der Waals surface area contributed by atoms with Crippen LogP contribution in [0, 0.1) is 0 Å². The Bertz CT molecular complexity index is 1020. The molecule has 0 atom stereocenters. The molecule has 0 saturated carbocycles. The number of hydrogen-bond donors (Lipinski definition) is 0. The lowest BCUT2D eigenvalue weighted by molar-refractivity contribution is -0.112. The second-order valence-electron chi connectivity index (χ2n) is 6.03. The number of rotatable bonds is 4. The molecule has 0 fully saturated rings. The van der Waals surface area contributed by atoms with E-state index in [1.165, 1.54) is 4.90 Å². The first-order chi connectivity index (χ1) is 13.2. The number of nitrogens with zero attached hydrogens (tertiary/aromatic N) is 1. The molecule has 2 aromatic carbocycles. The van der Waals surface area contributed by atoms with Crippen molar-refractivity contribution >= 4 is 40.5 Å². The summed E-state index contributed by atoms with van der Waals surface area (Å²) in [6.07, 6.45) is 1.84. The summed E-state index contributed by atoms with van der Waals surface area (Å²) in [5.41, 5.74) is 3.17. The molecule has 0 spiro atoms. The predicted molar refractivity (Wildman–Crippen MR) is 108 cm³/mol. The van der Waals surface area contributed by atoms with Gasteiger partial charge in [-0.15, -0.1) is 0 Å². The molecule has 2 amide bonds. The molecule has 0 saturated heterocycles. The van der Waals surface area contributed by atoms with E-state index in [0.29, 0.717) is 34.7 Å². The number of benzene rings is 2. The standard InChI is InChI=1S/C22H17NO3S/c1-2-26-17-9-7-16(8-10-17)23-21(24)19-6-4-3-5-18(19)20(22(23)25)13-15-11-12-27-14-15/h3-14H,2H2,1H3. The number of carbonyl (C=O) groups is 2. The molecule has 5 heteroatoms. The van der Waals surface area contributed by atoms with E-state index < -0.39 is 0 Å². The number of hydrogen-bond acceptors (Lipinski definition) is 4. The highest BCUT2D eigenvalue weighted by Gasteiger charge is 2.35. The smallest absolute Gasteiger partial charge is 0.265 e. The van der Waals surface area contributed by atoms with Crippen molar-refractivity contribution in [3.63, 3.8) is 0 Å². The Morgan fingerprint density at radius 1 is 0.963 bits per heavy atom.